The van der Waals surface area contributed by atoms with Crippen molar-refractivity contribution in [3.8, 4) is 0 Å². The van der Waals surface area contributed by atoms with Gasteiger partial charge in [0.25, 0.3) is 0 Å². The number of methoxy groups -OCH3 is 1. The number of carbonyl (C=O) groups is 1. The van der Waals surface area contributed by atoms with E-state index in [-0.39, 0.29) is 5.97 Å². The Hall–Kier alpha value is -1.59. The summed E-state index contributed by atoms with van der Waals surface area (Å²) in [6.45, 7) is 2.26. The molecule has 1 aromatic heterocycles. The van der Waals surface area contributed by atoms with Crippen molar-refractivity contribution in [3.05, 3.63) is 48.0 Å². The summed E-state index contributed by atoms with van der Waals surface area (Å²) in [5, 5.41) is 2.48. The standard InChI is InChI=1S/C23H27NO2S2/c1-4-28-23(27-3)13-11-17(12-14-23)24-20-8-6-5-7-18(20)19-10-9-16(15-21(19)24)22(25)26-2/h5-10,15,17H,4,11-14H2,1-3H3. The topological polar surface area (TPSA) is 31.2 Å². The molecule has 1 aliphatic carbocycles. The Morgan fingerprint density at radius 1 is 1.14 bits per heavy atom. The molecule has 1 aliphatic rings. The van der Waals surface area contributed by atoms with Crippen molar-refractivity contribution in [3.63, 3.8) is 0 Å². The molecule has 28 heavy (non-hydrogen) atoms. The van der Waals surface area contributed by atoms with Crippen LogP contribution < -0.4 is 0 Å². The molecule has 0 bridgehead atoms. The zero-order chi connectivity index (χ0) is 19.7. The minimum Gasteiger partial charge on any atom is -0.465 e. The molecule has 0 saturated heterocycles. The molecule has 5 heteroatoms. The van der Waals surface area contributed by atoms with E-state index in [4.69, 9.17) is 4.74 Å². The molecule has 0 unspecified atom stereocenters. The van der Waals surface area contributed by atoms with Crippen LogP contribution in [-0.4, -0.2) is 33.7 Å². The van der Waals surface area contributed by atoms with E-state index in [0.717, 1.165) is 5.52 Å². The maximum absolute atomic E-state index is 12.1. The maximum Gasteiger partial charge on any atom is 0.337 e. The lowest BCUT2D eigenvalue weighted by molar-refractivity contribution is 0.0601. The number of fused-ring (bicyclic) bond motifs is 3. The van der Waals surface area contributed by atoms with Gasteiger partial charge in [0.1, 0.15) is 0 Å². The lowest BCUT2D eigenvalue weighted by Gasteiger charge is -2.39. The normalized spacial score (nSPS) is 22.6. The van der Waals surface area contributed by atoms with Crippen LogP contribution in [-0.2, 0) is 4.74 Å². The van der Waals surface area contributed by atoms with Gasteiger partial charge in [-0.3, -0.25) is 0 Å². The highest BCUT2D eigenvalue weighted by Gasteiger charge is 2.36. The number of rotatable bonds is 5. The molecule has 1 saturated carbocycles. The van der Waals surface area contributed by atoms with Crippen LogP contribution in [0.1, 0.15) is 49.0 Å². The van der Waals surface area contributed by atoms with E-state index in [1.165, 1.54) is 54.8 Å². The van der Waals surface area contributed by atoms with E-state index >= 15 is 0 Å². The van der Waals surface area contributed by atoms with Crippen LogP contribution in [0.2, 0.25) is 0 Å². The number of benzene rings is 2. The minimum absolute atomic E-state index is 0.275. The highest BCUT2D eigenvalue weighted by Crippen LogP contribution is 2.50. The van der Waals surface area contributed by atoms with Crippen LogP contribution in [0.4, 0.5) is 0 Å². The van der Waals surface area contributed by atoms with Gasteiger partial charge in [0.05, 0.1) is 22.3 Å². The predicted molar refractivity (Wildman–Crippen MR) is 123 cm³/mol. The first-order valence-corrected chi connectivity index (χ1v) is 12.1. The van der Waals surface area contributed by atoms with Crippen molar-refractivity contribution in [1.29, 1.82) is 0 Å². The summed E-state index contributed by atoms with van der Waals surface area (Å²) in [5.41, 5.74) is 3.04. The zero-order valence-electron chi connectivity index (χ0n) is 16.7. The number of aromatic nitrogens is 1. The summed E-state index contributed by atoms with van der Waals surface area (Å²) < 4.78 is 7.81. The Labute approximate surface area is 175 Å². The first-order valence-electron chi connectivity index (χ1n) is 9.92. The first-order chi connectivity index (χ1) is 13.6. The third kappa shape index (κ3) is 3.33. The van der Waals surface area contributed by atoms with Gasteiger partial charge in [-0.1, -0.05) is 31.2 Å². The van der Waals surface area contributed by atoms with Crippen LogP contribution >= 0.6 is 23.5 Å². The van der Waals surface area contributed by atoms with Crippen molar-refractivity contribution >= 4 is 51.3 Å². The zero-order valence-corrected chi connectivity index (χ0v) is 18.4. The number of nitrogens with zero attached hydrogens (tertiary/aromatic N) is 1. The molecule has 0 N–H and O–H groups in total. The third-order valence-electron chi connectivity index (χ3n) is 5.99. The van der Waals surface area contributed by atoms with Crippen molar-refractivity contribution < 1.29 is 9.53 Å². The fourth-order valence-electron chi connectivity index (χ4n) is 4.61. The lowest BCUT2D eigenvalue weighted by atomic mass is 9.94. The summed E-state index contributed by atoms with van der Waals surface area (Å²) >= 11 is 4.13. The van der Waals surface area contributed by atoms with E-state index in [0.29, 0.717) is 15.7 Å². The van der Waals surface area contributed by atoms with Gasteiger partial charge in [-0.15, -0.1) is 23.5 Å². The molecule has 2 aromatic carbocycles. The number of hydrogen-bond acceptors (Lipinski definition) is 4. The molecule has 3 aromatic rings. The number of carbonyl (C=O) groups excluding carboxylic acids is 1. The van der Waals surface area contributed by atoms with Crippen molar-refractivity contribution in [2.24, 2.45) is 0 Å². The molecule has 0 spiro atoms. The Balaban J connectivity index is 1.80. The van der Waals surface area contributed by atoms with Crippen molar-refractivity contribution in [1.82, 2.24) is 4.57 Å². The van der Waals surface area contributed by atoms with Gasteiger partial charge in [-0.2, -0.15) is 0 Å². The van der Waals surface area contributed by atoms with Gasteiger partial charge in [0, 0.05) is 22.3 Å². The van der Waals surface area contributed by atoms with Crippen molar-refractivity contribution in [2.75, 3.05) is 19.1 Å². The Kier molecular flexibility index (Phi) is 5.66. The smallest absolute Gasteiger partial charge is 0.337 e. The quantitative estimate of drug-likeness (QED) is 0.352. The van der Waals surface area contributed by atoms with E-state index in [2.05, 4.69) is 59.8 Å². The SMILES string of the molecule is CCSC1(SC)CCC(n2c3ccccc3c3ccc(C(=O)OC)cc32)CC1. The van der Waals surface area contributed by atoms with Gasteiger partial charge in [0.15, 0.2) is 0 Å². The van der Waals surface area contributed by atoms with Gasteiger partial charge >= 0.3 is 5.97 Å². The maximum atomic E-state index is 12.1. The molecular weight excluding hydrogens is 386 g/mol. The summed E-state index contributed by atoms with van der Waals surface area (Å²) in [5.74, 6) is 0.895. The molecule has 0 radical (unpaired) electrons. The van der Waals surface area contributed by atoms with Gasteiger partial charge in [0.2, 0.25) is 0 Å². The van der Waals surface area contributed by atoms with Crippen LogP contribution in [0.5, 0.6) is 0 Å². The fourth-order valence-corrected chi connectivity index (χ4v) is 7.13. The van der Waals surface area contributed by atoms with Gasteiger partial charge < -0.3 is 9.30 Å². The molecule has 0 atom stereocenters. The lowest BCUT2D eigenvalue weighted by Crippen LogP contribution is -2.29. The average Bonchev–Trinajstić information content (AvgIpc) is 3.07. The van der Waals surface area contributed by atoms with Crippen LogP contribution in [0.15, 0.2) is 42.5 Å². The summed E-state index contributed by atoms with van der Waals surface area (Å²) in [6, 6.07) is 15.0. The Morgan fingerprint density at radius 3 is 2.54 bits per heavy atom. The Bertz CT molecular complexity index is 1000. The number of thioether (sulfide) groups is 2. The van der Waals surface area contributed by atoms with Gasteiger partial charge in [-0.05, 0) is 55.9 Å². The highest BCUT2D eigenvalue weighted by atomic mass is 32.2. The van der Waals surface area contributed by atoms with Crippen molar-refractivity contribution in [2.45, 2.75) is 42.7 Å². The summed E-state index contributed by atoms with van der Waals surface area (Å²) in [6.07, 6.45) is 7.05. The first kappa shape index (κ1) is 19.7. The highest BCUT2D eigenvalue weighted by molar-refractivity contribution is 8.17. The average molecular weight is 414 g/mol. The molecule has 4 rings (SSSR count). The van der Waals surface area contributed by atoms with Crippen LogP contribution in [0, 0.1) is 0 Å². The largest absolute Gasteiger partial charge is 0.465 e. The molecule has 0 amide bonds. The molecule has 1 heterocycles. The van der Waals surface area contributed by atoms with Gasteiger partial charge in [-0.25, -0.2) is 4.79 Å². The second kappa shape index (κ2) is 8.03. The third-order valence-corrected chi connectivity index (χ3v) is 9.22. The number of para-hydroxylation sites is 1. The summed E-state index contributed by atoms with van der Waals surface area (Å²) in [4.78, 5) is 12.1. The molecule has 3 nitrogen and oxygen atoms in total. The second-order valence-corrected chi connectivity index (χ2v) is 10.5. The fraction of sp³-hybridized carbons (Fsp3) is 0.435. The molecule has 1 fully saturated rings. The minimum atomic E-state index is -0.275. The van der Waals surface area contributed by atoms with E-state index in [1.807, 2.05) is 23.9 Å². The Morgan fingerprint density at radius 2 is 1.86 bits per heavy atom. The second-order valence-electron chi connectivity index (χ2n) is 7.39. The monoisotopic (exact) mass is 413 g/mol. The van der Waals surface area contributed by atoms with E-state index in [1.54, 1.807) is 0 Å². The molecule has 0 aliphatic heterocycles. The van der Waals surface area contributed by atoms with E-state index in [9.17, 15) is 4.79 Å². The number of esters is 1. The van der Waals surface area contributed by atoms with Crippen LogP contribution in [0.3, 0.4) is 0 Å². The van der Waals surface area contributed by atoms with Crippen LogP contribution in [0.25, 0.3) is 21.8 Å². The molecular formula is C23H27NO2S2. The number of ether oxygens (including phenoxy) is 1. The molecule has 148 valence electrons. The number of hydrogen-bond donors (Lipinski definition) is 0. The van der Waals surface area contributed by atoms with E-state index < -0.39 is 0 Å². The predicted octanol–water partition coefficient (Wildman–Crippen LogP) is 6.51. The summed E-state index contributed by atoms with van der Waals surface area (Å²) in [7, 11) is 1.44.